The molecule has 1 aromatic heterocycles. The highest BCUT2D eigenvalue weighted by Crippen LogP contribution is 2.51. The molecule has 0 radical (unpaired) electrons. The van der Waals surface area contributed by atoms with E-state index < -0.39 is 0 Å². The van der Waals surface area contributed by atoms with Crippen molar-refractivity contribution in [2.45, 2.75) is 69.6 Å². The van der Waals surface area contributed by atoms with Gasteiger partial charge >= 0.3 is 0 Å². The van der Waals surface area contributed by atoms with Crippen molar-refractivity contribution in [1.82, 2.24) is 15.3 Å². The first-order valence-electron chi connectivity index (χ1n) is 10.3. The molecule has 3 heterocycles. The fourth-order valence-electron chi connectivity index (χ4n) is 6.10. The summed E-state index contributed by atoms with van der Waals surface area (Å²) in [5, 5.41) is 3.55. The van der Waals surface area contributed by atoms with Crippen LogP contribution in [0.4, 0.5) is 11.8 Å². The first kappa shape index (κ1) is 15.9. The average Bonchev–Trinajstić information content (AvgIpc) is 2.89. The third kappa shape index (κ3) is 2.54. The number of nitrogen functional groups attached to an aromatic ring is 1. The predicted molar refractivity (Wildman–Crippen MR) is 101 cm³/mol. The number of fused-ring (bicyclic) bond motifs is 2. The van der Waals surface area contributed by atoms with Gasteiger partial charge in [-0.05, 0) is 64.5 Å². The van der Waals surface area contributed by atoms with E-state index in [4.69, 9.17) is 15.7 Å². The summed E-state index contributed by atoms with van der Waals surface area (Å²) in [4.78, 5) is 12.1. The molecule has 0 unspecified atom stereocenters. The van der Waals surface area contributed by atoms with Gasteiger partial charge in [0.25, 0.3) is 0 Å². The second kappa shape index (κ2) is 5.83. The largest absolute Gasteiger partial charge is 0.368 e. The van der Waals surface area contributed by atoms with E-state index in [0.717, 1.165) is 19.5 Å². The van der Waals surface area contributed by atoms with Crippen LogP contribution >= 0.6 is 0 Å². The molecule has 0 atom stereocenters. The molecule has 2 aliphatic heterocycles. The predicted octanol–water partition coefficient (Wildman–Crippen LogP) is 2.79. The Hall–Kier alpha value is -1.36. The Morgan fingerprint density at radius 3 is 2.52 bits per heavy atom. The SMILES string of the molecule is Nc1nc(N2CC3(CCCNCC3)C2)c2c(n1)C1(CCCC1)CCC2. The summed E-state index contributed by atoms with van der Waals surface area (Å²) < 4.78 is 0. The molecule has 3 fully saturated rings. The molecular formula is C20H31N5. The van der Waals surface area contributed by atoms with E-state index in [2.05, 4.69) is 10.2 Å². The van der Waals surface area contributed by atoms with E-state index in [1.54, 1.807) is 0 Å². The van der Waals surface area contributed by atoms with Gasteiger partial charge in [0.1, 0.15) is 5.82 Å². The Labute approximate surface area is 150 Å². The number of hydrogen-bond acceptors (Lipinski definition) is 5. The molecule has 0 amide bonds. The highest BCUT2D eigenvalue weighted by atomic mass is 15.3. The summed E-state index contributed by atoms with van der Waals surface area (Å²) in [6, 6.07) is 0. The number of hydrogen-bond donors (Lipinski definition) is 2. The molecule has 2 aliphatic carbocycles. The van der Waals surface area contributed by atoms with E-state index in [9.17, 15) is 0 Å². The van der Waals surface area contributed by atoms with Gasteiger partial charge < -0.3 is 16.0 Å². The van der Waals surface area contributed by atoms with Crippen molar-refractivity contribution in [2.75, 3.05) is 36.8 Å². The molecular weight excluding hydrogens is 310 g/mol. The van der Waals surface area contributed by atoms with E-state index in [0.29, 0.717) is 16.8 Å². The van der Waals surface area contributed by atoms with Crippen molar-refractivity contribution in [3.8, 4) is 0 Å². The molecule has 136 valence electrons. The fraction of sp³-hybridized carbons (Fsp3) is 0.800. The Bertz CT molecular complexity index is 648. The van der Waals surface area contributed by atoms with Crippen molar-refractivity contribution in [1.29, 1.82) is 0 Å². The van der Waals surface area contributed by atoms with Crippen molar-refractivity contribution in [3.63, 3.8) is 0 Å². The molecule has 4 aliphatic rings. The molecule has 3 N–H and O–H groups in total. The van der Waals surface area contributed by atoms with E-state index >= 15 is 0 Å². The van der Waals surface area contributed by atoms with Crippen LogP contribution in [0.15, 0.2) is 0 Å². The van der Waals surface area contributed by atoms with Crippen LogP contribution in [0.5, 0.6) is 0 Å². The van der Waals surface area contributed by atoms with Crippen LogP contribution < -0.4 is 16.0 Å². The van der Waals surface area contributed by atoms with Crippen molar-refractivity contribution in [2.24, 2.45) is 5.41 Å². The quantitative estimate of drug-likeness (QED) is 0.822. The lowest BCUT2D eigenvalue weighted by Gasteiger charge is -2.52. The van der Waals surface area contributed by atoms with Crippen LogP contribution in [-0.4, -0.2) is 36.1 Å². The summed E-state index contributed by atoms with van der Waals surface area (Å²) in [6.07, 6.45) is 13.0. The van der Waals surface area contributed by atoms with Crippen LogP contribution in [-0.2, 0) is 11.8 Å². The van der Waals surface area contributed by atoms with Crippen LogP contribution in [0.1, 0.15) is 69.0 Å². The van der Waals surface area contributed by atoms with Crippen molar-refractivity contribution >= 4 is 11.8 Å². The number of aromatic nitrogens is 2. The van der Waals surface area contributed by atoms with Gasteiger partial charge in [-0.1, -0.05) is 12.8 Å². The minimum absolute atomic E-state index is 0.314. The number of nitrogens with one attached hydrogen (secondary N) is 1. The third-order valence-electron chi connectivity index (χ3n) is 7.39. The maximum absolute atomic E-state index is 6.19. The maximum atomic E-state index is 6.19. The number of anilines is 2. The zero-order valence-corrected chi connectivity index (χ0v) is 15.3. The van der Waals surface area contributed by atoms with Crippen molar-refractivity contribution < 1.29 is 0 Å². The Kier molecular flexibility index (Phi) is 3.70. The van der Waals surface area contributed by atoms with Crippen LogP contribution in [0.25, 0.3) is 0 Å². The lowest BCUT2D eigenvalue weighted by Crippen LogP contribution is -2.57. The molecule has 0 bridgehead atoms. The summed E-state index contributed by atoms with van der Waals surface area (Å²) in [6.45, 7) is 4.66. The first-order valence-corrected chi connectivity index (χ1v) is 10.3. The maximum Gasteiger partial charge on any atom is 0.222 e. The van der Waals surface area contributed by atoms with Crippen LogP contribution in [0.3, 0.4) is 0 Å². The molecule has 2 spiro atoms. The molecule has 25 heavy (non-hydrogen) atoms. The molecule has 1 saturated carbocycles. The Balaban J connectivity index is 1.46. The van der Waals surface area contributed by atoms with Crippen LogP contribution in [0.2, 0.25) is 0 Å². The fourth-order valence-corrected chi connectivity index (χ4v) is 6.10. The second-order valence-corrected chi connectivity index (χ2v) is 9.03. The zero-order chi connectivity index (χ0) is 16.9. The normalized spacial score (nSPS) is 27.1. The highest BCUT2D eigenvalue weighted by molar-refractivity contribution is 5.57. The van der Waals surface area contributed by atoms with Crippen LogP contribution in [0, 0.1) is 5.41 Å². The molecule has 2 saturated heterocycles. The summed E-state index contributed by atoms with van der Waals surface area (Å²) in [5.74, 6) is 1.67. The lowest BCUT2D eigenvalue weighted by atomic mass is 9.70. The second-order valence-electron chi connectivity index (χ2n) is 9.03. The monoisotopic (exact) mass is 341 g/mol. The highest BCUT2D eigenvalue weighted by Gasteiger charge is 2.46. The smallest absolute Gasteiger partial charge is 0.222 e. The van der Waals surface area contributed by atoms with Gasteiger partial charge in [0.15, 0.2) is 0 Å². The van der Waals surface area contributed by atoms with Gasteiger partial charge in [-0.2, -0.15) is 4.98 Å². The van der Waals surface area contributed by atoms with Gasteiger partial charge in [-0.3, -0.25) is 0 Å². The molecule has 0 aromatic carbocycles. The van der Waals surface area contributed by atoms with Gasteiger partial charge in [0, 0.05) is 29.5 Å². The zero-order valence-electron chi connectivity index (χ0n) is 15.3. The van der Waals surface area contributed by atoms with E-state index in [1.807, 2.05) is 0 Å². The molecule has 5 rings (SSSR count). The number of rotatable bonds is 1. The Morgan fingerprint density at radius 1 is 0.880 bits per heavy atom. The van der Waals surface area contributed by atoms with E-state index in [-0.39, 0.29) is 0 Å². The van der Waals surface area contributed by atoms with Gasteiger partial charge in [-0.25, -0.2) is 4.98 Å². The third-order valence-corrected chi connectivity index (χ3v) is 7.39. The lowest BCUT2D eigenvalue weighted by molar-refractivity contribution is 0.184. The van der Waals surface area contributed by atoms with E-state index in [1.165, 1.54) is 88.0 Å². The summed E-state index contributed by atoms with van der Waals surface area (Å²) in [5.41, 5.74) is 9.77. The summed E-state index contributed by atoms with van der Waals surface area (Å²) >= 11 is 0. The minimum atomic E-state index is 0.314. The molecule has 5 nitrogen and oxygen atoms in total. The standard InChI is InChI=1S/C20H31N5/c21-18-23-16-15(5-3-9-20(16)7-1-2-8-20)17(24-18)25-13-19(14-25)6-4-11-22-12-10-19/h22H,1-14H2,(H2,21,23,24). The van der Waals surface area contributed by atoms with Gasteiger partial charge in [0.2, 0.25) is 5.95 Å². The van der Waals surface area contributed by atoms with Crippen molar-refractivity contribution in [3.05, 3.63) is 11.3 Å². The molecule has 5 heteroatoms. The molecule has 1 aromatic rings. The topological polar surface area (TPSA) is 67.1 Å². The first-order chi connectivity index (χ1) is 12.2. The van der Waals surface area contributed by atoms with Gasteiger partial charge in [0.05, 0.1) is 5.69 Å². The number of nitrogens with two attached hydrogens (primary N) is 1. The average molecular weight is 342 g/mol. The minimum Gasteiger partial charge on any atom is -0.368 e. The number of nitrogens with zero attached hydrogens (tertiary/aromatic N) is 3. The van der Waals surface area contributed by atoms with Gasteiger partial charge in [-0.15, -0.1) is 0 Å². The summed E-state index contributed by atoms with van der Waals surface area (Å²) in [7, 11) is 0. The Morgan fingerprint density at radius 2 is 1.68 bits per heavy atom.